The number of ether oxygens (including phenoxy) is 1. The van der Waals surface area contributed by atoms with E-state index in [1.54, 1.807) is 17.2 Å². The van der Waals surface area contributed by atoms with E-state index in [9.17, 15) is 29.1 Å². The molecular formula is C23H28N4O9S. The van der Waals surface area contributed by atoms with Crippen LogP contribution in [0.5, 0.6) is 0 Å². The largest absolute Gasteiger partial charge is 0.519 e. The maximum absolute atomic E-state index is 13.2. The fourth-order valence-electron chi connectivity index (χ4n) is 4.63. The van der Waals surface area contributed by atoms with E-state index in [0.29, 0.717) is 42.8 Å². The second kappa shape index (κ2) is 10.8. The number of nitrogens with two attached hydrogens (primary N) is 1. The van der Waals surface area contributed by atoms with Crippen molar-refractivity contribution in [1.29, 1.82) is 0 Å². The number of aliphatic carboxylic acids is 1. The Bertz CT molecular complexity index is 1230. The van der Waals surface area contributed by atoms with Crippen molar-refractivity contribution in [3.63, 3.8) is 0 Å². The van der Waals surface area contributed by atoms with E-state index < -0.39 is 29.8 Å². The van der Waals surface area contributed by atoms with E-state index in [1.807, 2.05) is 0 Å². The number of aryl methyl sites for hydroxylation is 1. The van der Waals surface area contributed by atoms with Crippen LogP contribution in [0.25, 0.3) is 0 Å². The number of carbonyl (C=O) groups excluding carboxylic acids is 3. The Morgan fingerprint density at radius 2 is 1.97 bits per heavy atom. The summed E-state index contributed by atoms with van der Waals surface area (Å²) in [5, 5.41) is 9.79. The summed E-state index contributed by atoms with van der Waals surface area (Å²) in [6.45, 7) is 2.49. The monoisotopic (exact) mass is 536 g/mol. The lowest BCUT2D eigenvalue weighted by Gasteiger charge is -2.37. The molecular weight excluding hydrogens is 508 g/mol. The fourth-order valence-corrected chi connectivity index (χ4v) is 5.16. The molecule has 3 amide bonds. The van der Waals surface area contributed by atoms with Gasteiger partial charge in [0.15, 0.2) is 18.1 Å². The molecule has 0 aromatic carbocycles. The molecule has 2 atom stereocenters. The zero-order valence-corrected chi connectivity index (χ0v) is 21.2. The highest BCUT2D eigenvalue weighted by molar-refractivity contribution is 7.98. The highest BCUT2D eigenvalue weighted by atomic mass is 32.2. The van der Waals surface area contributed by atoms with Crippen molar-refractivity contribution < 1.29 is 37.9 Å². The molecule has 37 heavy (non-hydrogen) atoms. The number of carboxylic acid groups (broad SMARTS) is 1. The number of amides is 3. The summed E-state index contributed by atoms with van der Waals surface area (Å²) in [6.07, 6.45) is 3.75. The second-order valence-electron chi connectivity index (χ2n) is 8.96. The summed E-state index contributed by atoms with van der Waals surface area (Å²) in [4.78, 5) is 65.2. The number of rotatable bonds is 8. The molecule has 0 saturated carbocycles. The molecule has 13 nitrogen and oxygen atoms in total. The summed E-state index contributed by atoms with van der Waals surface area (Å²) in [7, 11) is 0. The minimum atomic E-state index is -1.25. The van der Waals surface area contributed by atoms with E-state index in [1.165, 1.54) is 23.6 Å². The van der Waals surface area contributed by atoms with Crippen LogP contribution in [-0.4, -0.2) is 94.0 Å². The molecule has 0 radical (unpaired) electrons. The number of carboxylic acids is 1. The third-order valence-corrected chi connectivity index (χ3v) is 7.17. The SMILES string of the molecule is CSCC(/C=C1\CCN([C@@H]2CCN(C(=O)OCc3oc(=O)oc3C)C2)C1=O)=C(/C(=O)O)N1C[C@H](N)C1=O. The van der Waals surface area contributed by atoms with Crippen LogP contribution >= 0.6 is 11.8 Å². The van der Waals surface area contributed by atoms with Crippen molar-refractivity contribution in [3.8, 4) is 0 Å². The van der Waals surface area contributed by atoms with Crippen LogP contribution in [0.2, 0.25) is 0 Å². The minimum Gasteiger partial charge on any atom is -0.477 e. The van der Waals surface area contributed by atoms with Crippen LogP contribution in [0.1, 0.15) is 24.4 Å². The minimum absolute atomic E-state index is 0.113. The van der Waals surface area contributed by atoms with Gasteiger partial charge < -0.3 is 39.1 Å². The van der Waals surface area contributed by atoms with Gasteiger partial charge in [0.1, 0.15) is 11.7 Å². The summed E-state index contributed by atoms with van der Waals surface area (Å²) >= 11 is 1.38. The first-order chi connectivity index (χ1) is 17.6. The predicted octanol–water partition coefficient (Wildman–Crippen LogP) is 0.282. The first-order valence-electron chi connectivity index (χ1n) is 11.7. The number of carbonyl (C=O) groups is 4. The summed E-state index contributed by atoms with van der Waals surface area (Å²) < 4.78 is 14.8. The third kappa shape index (κ3) is 5.44. The van der Waals surface area contributed by atoms with Crippen molar-refractivity contribution in [3.05, 3.63) is 45.1 Å². The first kappa shape index (κ1) is 26.5. The van der Waals surface area contributed by atoms with Gasteiger partial charge in [-0.05, 0) is 37.7 Å². The van der Waals surface area contributed by atoms with Gasteiger partial charge in [0.2, 0.25) is 11.8 Å². The molecule has 0 aliphatic carbocycles. The van der Waals surface area contributed by atoms with Crippen molar-refractivity contribution in [2.24, 2.45) is 5.73 Å². The third-order valence-electron chi connectivity index (χ3n) is 6.57. The smallest absolute Gasteiger partial charge is 0.477 e. The van der Waals surface area contributed by atoms with Gasteiger partial charge >= 0.3 is 17.9 Å². The molecule has 1 aromatic rings. The van der Waals surface area contributed by atoms with Crippen LogP contribution in [-0.2, 0) is 25.7 Å². The van der Waals surface area contributed by atoms with Gasteiger partial charge in [-0.15, -0.1) is 0 Å². The second-order valence-corrected chi connectivity index (χ2v) is 9.83. The molecule has 0 bridgehead atoms. The van der Waals surface area contributed by atoms with Crippen molar-refractivity contribution in [2.45, 2.75) is 38.5 Å². The average molecular weight is 537 g/mol. The topological polar surface area (TPSA) is 177 Å². The lowest BCUT2D eigenvalue weighted by Crippen LogP contribution is -2.61. The van der Waals surface area contributed by atoms with E-state index in [-0.39, 0.29) is 48.9 Å². The lowest BCUT2D eigenvalue weighted by molar-refractivity contribution is -0.146. The van der Waals surface area contributed by atoms with E-state index in [2.05, 4.69) is 0 Å². The molecule has 4 heterocycles. The average Bonchev–Trinajstić information content (AvgIpc) is 3.56. The highest BCUT2D eigenvalue weighted by Gasteiger charge is 2.41. The standard InChI is InChI=1S/C23H28N4O9S/c1-12-17(36-23(33)35-12)10-34-22(32)25-5-4-15(8-25)26-6-3-13(19(26)28)7-14(11-37-2)18(21(30)31)27-9-16(24)20(27)29/h7,15-16H,3-6,8-11,24H2,1-2H3,(H,30,31)/b13-7+,18-14-/t15-,16+/m1/s1. The summed E-state index contributed by atoms with van der Waals surface area (Å²) in [5.41, 5.74) is 6.31. The Morgan fingerprint density at radius 3 is 2.57 bits per heavy atom. The van der Waals surface area contributed by atoms with Gasteiger partial charge in [0.25, 0.3) is 0 Å². The van der Waals surface area contributed by atoms with Crippen LogP contribution in [0.3, 0.4) is 0 Å². The van der Waals surface area contributed by atoms with Gasteiger partial charge in [0.05, 0.1) is 12.6 Å². The Hall–Kier alpha value is -3.52. The molecule has 3 fully saturated rings. The summed E-state index contributed by atoms with van der Waals surface area (Å²) in [5.74, 6) is -2.14. The molecule has 3 N–H and O–H groups in total. The number of hydrogen-bond donors (Lipinski definition) is 2. The van der Waals surface area contributed by atoms with Crippen molar-refractivity contribution in [1.82, 2.24) is 14.7 Å². The fraction of sp³-hybridized carbons (Fsp3) is 0.522. The first-order valence-corrected chi connectivity index (χ1v) is 13.0. The molecule has 0 unspecified atom stereocenters. The van der Waals surface area contributed by atoms with Crippen molar-refractivity contribution >= 4 is 35.6 Å². The van der Waals surface area contributed by atoms with Gasteiger partial charge in [-0.1, -0.05) is 0 Å². The summed E-state index contributed by atoms with van der Waals surface area (Å²) in [6, 6.07) is -0.943. The van der Waals surface area contributed by atoms with Gasteiger partial charge in [-0.25, -0.2) is 14.4 Å². The van der Waals surface area contributed by atoms with Crippen LogP contribution in [0.4, 0.5) is 4.79 Å². The Kier molecular flexibility index (Phi) is 7.78. The molecule has 3 aliphatic heterocycles. The van der Waals surface area contributed by atoms with Crippen LogP contribution in [0, 0.1) is 6.92 Å². The van der Waals surface area contributed by atoms with E-state index in [0.717, 1.165) is 4.90 Å². The Morgan fingerprint density at radius 1 is 1.22 bits per heavy atom. The number of thioether (sulfide) groups is 1. The van der Waals surface area contributed by atoms with Gasteiger partial charge in [-0.3, -0.25) is 9.59 Å². The number of allylic oxidation sites excluding steroid dienone is 1. The van der Waals surface area contributed by atoms with E-state index in [4.69, 9.17) is 19.3 Å². The van der Waals surface area contributed by atoms with Gasteiger partial charge in [-0.2, -0.15) is 11.8 Å². The molecule has 3 aliphatic rings. The molecule has 4 rings (SSSR count). The molecule has 1 aromatic heterocycles. The molecule has 0 spiro atoms. The Labute approximate surface area is 215 Å². The maximum Gasteiger partial charge on any atom is 0.519 e. The zero-order chi connectivity index (χ0) is 26.9. The molecule has 200 valence electrons. The maximum atomic E-state index is 13.2. The van der Waals surface area contributed by atoms with Crippen LogP contribution in [0.15, 0.2) is 36.5 Å². The highest BCUT2D eigenvalue weighted by Crippen LogP contribution is 2.29. The predicted molar refractivity (Wildman–Crippen MR) is 129 cm³/mol. The quantitative estimate of drug-likeness (QED) is 0.345. The number of likely N-dealkylation sites (tertiary alicyclic amines) is 3. The van der Waals surface area contributed by atoms with E-state index >= 15 is 0 Å². The number of β-lactam (4-membered cyclic amide) rings is 1. The molecule has 14 heteroatoms. The normalized spacial score (nSPS) is 23.5. The lowest BCUT2D eigenvalue weighted by atomic mass is 10.0. The molecule has 3 saturated heterocycles. The van der Waals surface area contributed by atoms with Gasteiger partial charge in [0, 0.05) is 31.0 Å². The van der Waals surface area contributed by atoms with Crippen molar-refractivity contribution in [2.75, 3.05) is 38.2 Å². The van der Waals surface area contributed by atoms with Crippen LogP contribution < -0.4 is 11.6 Å². The number of hydrogen-bond acceptors (Lipinski definition) is 10. The Balaban J connectivity index is 1.42. The zero-order valence-electron chi connectivity index (χ0n) is 20.4. The number of nitrogens with zero attached hydrogens (tertiary/aromatic N) is 3.